The zero-order valence-corrected chi connectivity index (χ0v) is 30.8. The molecule has 2 aromatic heterocycles. The maximum atomic E-state index is 17.0. The summed E-state index contributed by atoms with van der Waals surface area (Å²) in [5, 5.41) is 22.0. The Kier molecular flexibility index (Phi) is 10.3. The summed E-state index contributed by atoms with van der Waals surface area (Å²) in [6, 6.07) is 15.4. The molecule has 5 aromatic rings. The summed E-state index contributed by atoms with van der Waals surface area (Å²) in [5.74, 6) is 1.56. The average molecular weight is 774 g/mol. The number of fused-ring (bicyclic) bond motifs is 3. The number of hydrogen-bond donors (Lipinski definition) is 0. The number of non-ortho nitro benzene ring substituents is 1. The van der Waals surface area contributed by atoms with Gasteiger partial charge in [-0.2, -0.15) is 15.2 Å². The predicted octanol–water partition coefficient (Wildman–Crippen LogP) is 7.73. The van der Waals surface area contributed by atoms with Gasteiger partial charge in [-0.1, -0.05) is 30.2 Å². The Balaban J connectivity index is 1.07. The second kappa shape index (κ2) is 15.6. The van der Waals surface area contributed by atoms with Crippen molar-refractivity contribution in [3.8, 4) is 41.4 Å². The van der Waals surface area contributed by atoms with Crippen LogP contribution in [0.2, 0.25) is 0 Å². The first-order valence-electron chi connectivity index (χ1n) is 18.9. The van der Waals surface area contributed by atoms with Gasteiger partial charge < -0.3 is 19.1 Å². The maximum absolute atomic E-state index is 17.0. The first kappa shape index (κ1) is 37.5. The van der Waals surface area contributed by atoms with Gasteiger partial charge in [-0.25, -0.2) is 13.6 Å². The van der Waals surface area contributed by atoms with E-state index in [1.165, 1.54) is 36.5 Å². The van der Waals surface area contributed by atoms with Crippen LogP contribution in [0.3, 0.4) is 0 Å². The summed E-state index contributed by atoms with van der Waals surface area (Å²) >= 11 is 0. The molecule has 3 saturated heterocycles. The largest absolute Gasteiger partial charge is 0.513 e. The summed E-state index contributed by atoms with van der Waals surface area (Å²) in [6.07, 6.45) is 11.6. The van der Waals surface area contributed by atoms with Crippen LogP contribution in [0.4, 0.5) is 25.1 Å². The minimum atomic E-state index is -0.913. The highest BCUT2D eigenvalue weighted by molar-refractivity contribution is 6.02. The van der Waals surface area contributed by atoms with E-state index >= 15 is 4.39 Å². The minimum absolute atomic E-state index is 0.00966. The van der Waals surface area contributed by atoms with Crippen LogP contribution in [-0.2, 0) is 4.74 Å². The molecule has 1 unspecified atom stereocenters. The summed E-state index contributed by atoms with van der Waals surface area (Å²) in [7, 11) is 0. The van der Waals surface area contributed by atoms with Crippen LogP contribution in [0.25, 0.3) is 32.9 Å². The zero-order valence-electron chi connectivity index (χ0n) is 30.8. The minimum Gasteiger partial charge on any atom is -0.461 e. The van der Waals surface area contributed by atoms with Crippen LogP contribution in [-0.4, -0.2) is 75.4 Å². The normalized spacial score (nSPS) is 20.7. The Morgan fingerprint density at radius 3 is 2.67 bits per heavy atom. The van der Waals surface area contributed by atoms with Gasteiger partial charge in [-0.05, 0) is 75.1 Å². The lowest BCUT2D eigenvalue weighted by atomic mass is 9.95. The molecule has 290 valence electrons. The number of aromatic nitrogens is 3. The molecule has 13 nitrogen and oxygen atoms in total. The Hall–Kier alpha value is -6.45. The molecule has 0 radical (unpaired) electrons. The molecule has 8 rings (SSSR count). The van der Waals surface area contributed by atoms with E-state index in [0.717, 1.165) is 45.1 Å². The molecule has 3 aliphatic heterocycles. The highest BCUT2D eigenvalue weighted by atomic mass is 19.1. The molecule has 3 aliphatic rings. The maximum Gasteiger partial charge on any atom is 0.513 e. The standard InChI is InChI=1S/C42H37F2N7O6/c1-2-31-34(43)14-9-27-7-3-8-32(35(27)31)37-36(44)38-33(23-46-37)39(49-19-4-6-26(22-45)16-21-49)48-40(47-38)56-25-42-17-5-20-50(42)29(15-18-42)24-55-41(52)57-30-12-10-28(11-13-30)51(53)54/h1,3,7-14,23,26,29H,4-6,15-21,24-25H2/t26?,29-,42-/m0/s1. The molecule has 15 heteroatoms. The van der Waals surface area contributed by atoms with Gasteiger partial charge in [-0.15, -0.1) is 6.42 Å². The average Bonchev–Trinajstić information content (AvgIpc) is 3.69. The number of carbonyl (C=O) groups excluding carboxylic acids is 1. The van der Waals surface area contributed by atoms with E-state index in [1.54, 1.807) is 24.3 Å². The van der Waals surface area contributed by atoms with E-state index < -0.39 is 28.3 Å². The fraction of sp³-hybridized carbons (Fsp3) is 0.357. The van der Waals surface area contributed by atoms with Crippen molar-refractivity contribution in [2.24, 2.45) is 5.92 Å². The van der Waals surface area contributed by atoms with Crippen molar-refractivity contribution in [3.05, 3.63) is 88.1 Å². The molecule has 3 fully saturated rings. The number of nitro benzene ring substituents is 1. The molecule has 3 aromatic carbocycles. The number of benzene rings is 3. The smallest absolute Gasteiger partial charge is 0.461 e. The lowest BCUT2D eigenvalue weighted by molar-refractivity contribution is -0.384. The van der Waals surface area contributed by atoms with E-state index in [4.69, 9.17) is 25.6 Å². The highest BCUT2D eigenvalue weighted by Crippen LogP contribution is 2.43. The number of halogens is 2. The number of carbonyl (C=O) groups is 1. The molecule has 0 amide bonds. The van der Waals surface area contributed by atoms with Crippen LogP contribution < -0.4 is 14.4 Å². The third kappa shape index (κ3) is 7.22. The van der Waals surface area contributed by atoms with E-state index in [9.17, 15) is 24.6 Å². The van der Waals surface area contributed by atoms with Gasteiger partial charge in [0.25, 0.3) is 5.69 Å². The Bertz CT molecular complexity index is 2470. The van der Waals surface area contributed by atoms with Crippen LogP contribution in [0.15, 0.2) is 60.8 Å². The van der Waals surface area contributed by atoms with Gasteiger partial charge in [0, 0.05) is 54.3 Å². The van der Waals surface area contributed by atoms with Crippen molar-refractivity contribution in [1.29, 1.82) is 5.26 Å². The van der Waals surface area contributed by atoms with Gasteiger partial charge in [0.15, 0.2) is 5.82 Å². The molecule has 3 atom stereocenters. The molecule has 57 heavy (non-hydrogen) atoms. The van der Waals surface area contributed by atoms with Gasteiger partial charge in [0.1, 0.15) is 41.8 Å². The fourth-order valence-electron chi connectivity index (χ4n) is 8.56. The monoisotopic (exact) mass is 773 g/mol. The number of nitriles is 1. The molecular formula is C42H37F2N7O6. The summed E-state index contributed by atoms with van der Waals surface area (Å²) in [5.41, 5.74) is -0.252. The predicted molar refractivity (Wildman–Crippen MR) is 206 cm³/mol. The van der Waals surface area contributed by atoms with Crippen molar-refractivity contribution >= 4 is 39.3 Å². The Morgan fingerprint density at radius 2 is 1.88 bits per heavy atom. The zero-order chi connectivity index (χ0) is 39.7. The highest BCUT2D eigenvalue weighted by Gasteiger charge is 2.50. The summed E-state index contributed by atoms with van der Waals surface area (Å²) < 4.78 is 49.0. The second-order valence-corrected chi connectivity index (χ2v) is 14.6. The first-order valence-corrected chi connectivity index (χ1v) is 18.9. The molecule has 0 saturated carbocycles. The lowest BCUT2D eigenvalue weighted by Gasteiger charge is -2.34. The van der Waals surface area contributed by atoms with Crippen molar-refractivity contribution in [2.45, 2.75) is 56.5 Å². The van der Waals surface area contributed by atoms with Crippen molar-refractivity contribution in [3.63, 3.8) is 0 Å². The van der Waals surface area contributed by atoms with E-state index in [0.29, 0.717) is 47.1 Å². The van der Waals surface area contributed by atoms with E-state index in [1.807, 2.05) is 4.90 Å². The number of hydrogen-bond acceptors (Lipinski definition) is 12. The molecule has 5 heterocycles. The van der Waals surface area contributed by atoms with Crippen LogP contribution in [0.1, 0.15) is 50.5 Å². The number of anilines is 1. The summed E-state index contributed by atoms with van der Waals surface area (Å²) in [4.78, 5) is 41.3. The van der Waals surface area contributed by atoms with Crippen molar-refractivity contribution in [1.82, 2.24) is 19.9 Å². The van der Waals surface area contributed by atoms with Gasteiger partial charge in [-0.3, -0.25) is 20.0 Å². The lowest BCUT2D eigenvalue weighted by Crippen LogP contribution is -2.48. The molecule has 0 spiro atoms. The molecule has 0 N–H and O–H groups in total. The first-order chi connectivity index (χ1) is 27.7. The Morgan fingerprint density at radius 1 is 1.04 bits per heavy atom. The second-order valence-electron chi connectivity index (χ2n) is 14.6. The fourth-order valence-corrected chi connectivity index (χ4v) is 8.56. The van der Waals surface area contributed by atoms with E-state index in [-0.39, 0.29) is 59.4 Å². The van der Waals surface area contributed by atoms with E-state index in [2.05, 4.69) is 26.9 Å². The van der Waals surface area contributed by atoms with Crippen LogP contribution in [0, 0.1) is 51.3 Å². The van der Waals surface area contributed by atoms with Gasteiger partial charge >= 0.3 is 12.2 Å². The quantitative estimate of drug-likeness (QED) is 0.0473. The van der Waals surface area contributed by atoms with Crippen molar-refractivity contribution in [2.75, 3.05) is 37.7 Å². The topological polar surface area (TPSA) is 157 Å². The SMILES string of the molecule is C#Cc1c(F)ccc2cccc(-c3ncc4c(N5CCCC(C#N)CC5)nc(OC[C@@]56CCCN5[C@H](COC(=O)Oc5ccc([N+](=O)[O-])cc5)CC6)nc4c3F)c12. The number of rotatable bonds is 9. The van der Waals surface area contributed by atoms with Crippen molar-refractivity contribution < 1.29 is 32.7 Å². The number of ether oxygens (including phenoxy) is 3. The third-order valence-corrected chi connectivity index (χ3v) is 11.4. The van der Waals surface area contributed by atoms with Gasteiger partial charge in [0.2, 0.25) is 0 Å². The number of terminal acetylenes is 1. The number of nitrogens with zero attached hydrogens (tertiary/aromatic N) is 7. The summed E-state index contributed by atoms with van der Waals surface area (Å²) in [6.45, 7) is 2.14. The third-order valence-electron chi connectivity index (χ3n) is 11.4. The number of nitro groups is 1. The van der Waals surface area contributed by atoms with Gasteiger partial charge in [0.05, 0.1) is 27.5 Å². The molecule has 0 aliphatic carbocycles. The Labute approximate surface area is 326 Å². The molecule has 0 bridgehead atoms. The number of pyridine rings is 1. The molecular weight excluding hydrogens is 737 g/mol. The van der Waals surface area contributed by atoms with Crippen LogP contribution in [0.5, 0.6) is 11.8 Å². The van der Waals surface area contributed by atoms with Crippen LogP contribution >= 0.6 is 0 Å².